The van der Waals surface area contributed by atoms with Crippen molar-refractivity contribution in [3.05, 3.63) is 16.0 Å². The molecule has 152 valence electrons. The van der Waals surface area contributed by atoms with Crippen LogP contribution >= 0.6 is 11.3 Å². The second-order valence-corrected chi connectivity index (χ2v) is 9.24. The summed E-state index contributed by atoms with van der Waals surface area (Å²) in [7, 11) is 0. The number of carbonyl (C=O) groups is 3. The molecule has 2 bridgehead atoms. The van der Waals surface area contributed by atoms with Gasteiger partial charge in [0.1, 0.15) is 5.00 Å². The minimum absolute atomic E-state index is 0.369. The lowest BCUT2D eigenvalue weighted by atomic mass is 9.78. The Morgan fingerprint density at radius 1 is 1.21 bits per heavy atom. The number of fused-ring (bicyclic) bond motifs is 3. The quantitative estimate of drug-likeness (QED) is 0.671. The number of nitrogens with two attached hydrogens (primary N) is 1. The van der Waals surface area contributed by atoms with Crippen LogP contribution in [-0.2, 0) is 27.2 Å². The van der Waals surface area contributed by atoms with Crippen LogP contribution in [0, 0.1) is 17.8 Å². The van der Waals surface area contributed by atoms with Crippen molar-refractivity contribution in [1.82, 2.24) is 0 Å². The highest BCUT2D eigenvalue weighted by Gasteiger charge is 2.55. The zero-order valence-electron chi connectivity index (χ0n) is 15.9. The van der Waals surface area contributed by atoms with Gasteiger partial charge in [0.2, 0.25) is 5.91 Å². The van der Waals surface area contributed by atoms with Crippen molar-refractivity contribution < 1.29 is 24.2 Å². The largest absolute Gasteiger partial charge is 0.481 e. The number of ether oxygens (including phenoxy) is 1. The highest BCUT2D eigenvalue weighted by atomic mass is 32.1. The Kier molecular flexibility index (Phi) is 5.18. The van der Waals surface area contributed by atoms with Crippen LogP contribution in [0.15, 0.2) is 0 Å². The fraction of sp³-hybridized carbons (Fsp3) is 0.650. The van der Waals surface area contributed by atoms with Gasteiger partial charge in [0.15, 0.2) is 0 Å². The van der Waals surface area contributed by atoms with Gasteiger partial charge in [0.25, 0.3) is 5.91 Å². The van der Waals surface area contributed by atoms with Crippen molar-refractivity contribution in [2.24, 2.45) is 23.5 Å². The summed E-state index contributed by atoms with van der Waals surface area (Å²) in [5, 5.41) is 12.9. The Balaban J connectivity index is 1.59. The van der Waals surface area contributed by atoms with E-state index in [-0.39, 0.29) is 12.0 Å². The van der Waals surface area contributed by atoms with Crippen LogP contribution in [0.2, 0.25) is 0 Å². The molecular formula is C20H26N2O5S. The van der Waals surface area contributed by atoms with Gasteiger partial charge in [-0.1, -0.05) is 19.8 Å². The molecular weight excluding hydrogens is 380 g/mol. The first-order valence-corrected chi connectivity index (χ1v) is 10.9. The van der Waals surface area contributed by atoms with E-state index in [1.54, 1.807) is 0 Å². The van der Waals surface area contributed by atoms with Crippen LogP contribution in [0.4, 0.5) is 5.00 Å². The summed E-state index contributed by atoms with van der Waals surface area (Å²) in [4.78, 5) is 37.9. The van der Waals surface area contributed by atoms with Crippen LogP contribution < -0.4 is 11.1 Å². The fourth-order valence-corrected chi connectivity index (χ4v) is 6.55. The molecule has 2 amide bonds. The van der Waals surface area contributed by atoms with E-state index in [4.69, 9.17) is 10.5 Å². The van der Waals surface area contributed by atoms with E-state index < -0.39 is 29.8 Å². The number of thiophene rings is 1. The minimum atomic E-state index is -1.00. The van der Waals surface area contributed by atoms with Gasteiger partial charge in [-0.05, 0) is 43.6 Å². The molecule has 0 radical (unpaired) electrons. The molecule has 0 spiro atoms. The van der Waals surface area contributed by atoms with E-state index in [2.05, 4.69) is 12.2 Å². The van der Waals surface area contributed by atoms with E-state index in [0.717, 1.165) is 42.5 Å². The molecule has 28 heavy (non-hydrogen) atoms. The molecule has 4 rings (SSSR count). The standard InChI is InChI=1S/C20H26N2O5S/c1-2-3-9-4-5-10-13(8-9)28-19(14(10)17(21)23)22-18(24)15-11-6-7-12(27-11)16(15)20(25)26/h9,11-12,15-16H,2-8H2,1H3,(H2,21,23)(H,22,24)(H,25,26)/t9-,11+,12+,15-,16+/m1/s1. The first-order chi connectivity index (χ1) is 13.4. The minimum Gasteiger partial charge on any atom is -0.481 e. The van der Waals surface area contributed by atoms with Gasteiger partial charge in [-0.25, -0.2) is 0 Å². The van der Waals surface area contributed by atoms with Crippen LogP contribution in [0.1, 0.15) is 59.8 Å². The predicted octanol–water partition coefficient (Wildman–Crippen LogP) is 2.57. The smallest absolute Gasteiger partial charge is 0.310 e. The monoisotopic (exact) mass is 406 g/mol. The molecule has 1 aromatic rings. The highest BCUT2D eigenvalue weighted by Crippen LogP contribution is 2.45. The maximum absolute atomic E-state index is 13.0. The molecule has 0 saturated carbocycles. The average molecular weight is 407 g/mol. The maximum atomic E-state index is 13.0. The van der Waals surface area contributed by atoms with E-state index >= 15 is 0 Å². The summed E-state index contributed by atoms with van der Waals surface area (Å²) >= 11 is 1.42. The summed E-state index contributed by atoms with van der Waals surface area (Å²) in [6, 6.07) is 0. The molecule has 7 nitrogen and oxygen atoms in total. The molecule has 2 saturated heterocycles. The molecule has 0 unspecified atom stereocenters. The highest BCUT2D eigenvalue weighted by molar-refractivity contribution is 7.17. The Labute approximate surface area is 167 Å². The molecule has 0 aromatic carbocycles. The maximum Gasteiger partial charge on any atom is 0.310 e. The van der Waals surface area contributed by atoms with Crippen molar-refractivity contribution in [2.75, 3.05) is 5.32 Å². The molecule has 8 heteroatoms. The third kappa shape index (κ3) is 3.22. The molecule has 5 atom stereocenters. The van der Waals surface area contributed by atoms with E-state index in [1.807, 2.05) is 0 Å². The normalized spacial score (nSPS) is 30.8. The molecule has 4 N–H and O–H groups in total. The Morgan fingerprint density at radius 2 is 1.93 bits per heavy atom. The second-order valence-electron chi connectivity index (χ2n) is 8.14. The summed E-state index contributed by atoms with van der Waals surface area (Å²) in [6.07, 6.45) is 5.57. The van der Waals surface area contributed by atoms with Gasteiger partial charge in [-0.15, -0.1) is 11.3 Å². The number of rotatable bonds is 6. The number of carboxylic acids is 1. The van der Waals surface area contributed by atoms with Crippen molar-refractivity contribution in [3.63, 3.8) is 0 Å². The lowest BCUT2D eigenvalue weighted by Crippen LogP contribution is -2.41. The second kappa shape index (κ2) is 7.48. The predicted molar refractivity (Wildman–Crippen MR) is 104 cm³/mol. The van der Waals surface area contributed by atoms with Crippen LogP contribution in [-0.4, -0.2) is 35.1 Å². The summed E-state index contributed by atoms with van der Waals surface area (Å²) < 4.78 is 5.69. The van der Waals surface area contributed by atoms with Gasteiger partial charge < -0.3 is 20.9 Å². The van der Waals surface area contributed by atoms with Gasteiger partial charge in [0, 0.05) is 4.88 Å². The summed E-state index contributed by atoms with van der Waals surface area (Å²) in [5.74, 6) is -2.90. The van der Waals surface area contributed by atoms with Gasteiger partial charge >= 0.3 is 5.97 Å². The van der Waals surface area contributed by atoms with Gasteiger partial charge in [-0.3, -0.25) is 14.4 Å². The zero-order valence-corrected chi connectivity index (χ0v) is 16.7. The molecule has 1 aromatic heterocycles. The molecule has 2 fully saturated rings. The van der Waals surface area contributed by atoms with E-state index in [9.17, 15) is 19.5 Å². The SMILES string of the molecule is CCC[C@@H]1CCc2c(sc(NC(=O)[C@H]3[C@@H](C(=O)O)[C@@H]4CC[C@@H]3O4)c2C(N)=O)C1. The number of hydrogen-bond donors (Lipinski definition) is 3. The number of nitrogens with one attached hydrogen (secondary N) is 1. The molecule has 3 aliphatic rings. The number of primary amides is 1. The Bertz CT molecular complexity index is 820. The number of amides is 2. The number of hydrogen-bond acceptors (Lipinski definition) is 5. The van der Waals surface area contributed by atoms with Crippen molar-refractivity contribution >= 4 is 34.1 Å². The van der Waals surface area contributed by atoms with E-state index in [1.165, 1.54) is 11.3 Å². The Morgan fingerprint density at radius 3 is 2.57 bits per heavy atom. The molecule has 2 aliphatic heterocycles. The van der Waals surface area contributed by atoms with E-state index in [0.29, 0.717) is 29.3 Å². The number of anilines is 1. The number of carbonyl (C=O) groups excluding carboxylic acids is 2. The van der Waals surface area contributed by atoms with Crippen molar-refractivity contribution in [1.29, 1.82) is 0 Å². The van der Waals surface area contributed by atoms with Gasteiger partial charge in [0.05, 0.1) is 29.6 Å². The van der Waals surface area contributed by atoms with Crippen LogP contribution in [0.5, 0.6) is 0 Å². The Hall–Kier alpha value is -1.93. The third-order valence-corrected chi connectivity index (χ3v) is 7.58. The number of aliphatic carboxylic acids is 1. The summed E-state index contributed by atoms with van der Waals surface area (Å²) in [5.41, 5.74) is 7.00. The molecule has 1 aliphatic carbocycles. The zero-order chi connectivity index (χ0) is 20.0. The lowest BCUT2D eigenvalue weighted by Gasteiger charge is -2.23. The summed E-state index contributed by atoms with van der Waals surface area (Å²) in [6.45, 7) is 2.17. The van der Waals surface area contributed by atoms with Crippen LogP contribution in [0.25, 0.3) is 0 Å². The van der Waals surface area contributed by atoms with Gasteiger partial charge in [-0.2, -0.15) is 0 Å². The first kappa shape index (κ1) is 19.4. The van der Waals surface area contributed by atoms with Crippen molar-refractivity contribution in [3.8, 4) is 0 Å². The lowest BCUT2D eigenvalue weighted by molar-refractivity contribution is -0.147. The van der Waals surface area contributed by atoms with Crippen molar-refractivity contribution in [2.45, 2.75) is 64.1 Å². The topological polar surface area (TPSA) is 119 Å². The van der Waals surface area contributed by atoms with Crippen LogP contribution in [0.3, 0.4) is 0 Å². The first-order valence-electron chi connectivity index (χ1n) is 10.0. The third-order valence-electron chi connectivity index (χ3n) is 6.41. The average Bonchev–Trinajstić information content (AvgIpc) is 3.33. The molecule has 3 heterocycles. The number of carboxylic acid groups (broad SMARTS) is 1. The fourth-order valence-electron chi connectivity index (χ4n) is 5.18.